The summed E-state index contributed by atoms with van der Waals surface area (Å²) in [4.78, 5) is 16.2. The van der Waals surface area contributed by atoms with Crippen molar-refractivity contribution in [3.63, 3.8) is 0 Å². The Morgan fingerprint density at radius 2 is 1.76 bits per heavy atom. The van der Waals surface area contributed by atoms with E-state index in [4.69, 9.17) is 30.1 Å². The number of carbonyl (C=O) groups excluding carboxylic acids is 2. The largest absolute Gasteiger partial charge is 0.451 e. The van der Waals surface area contributed by atoms with Gasteiger partial charge in [0, 0.05) is 19.8 Å². The third-order valence-electron chi connectivity index (χ3n) is 2.21. The molecule has 0 aliphatic heterocycles. The predicted molar refractivity (Wildman–Crippen MR) is 62.9 cm³/mol. The van der Waals surface area contributed by atoms with Gasteiger partial charge in [-0.1, -0.05) is 12.8 Å². The lowest BCUT2D eigenvalue weighted by Crippen LogP contribution is -2.20. The highest BCUT2D eigenvalue weighted by molar-refractivity contribution is 6.40. The van der Waals surface area contributed by atoms with Crippen LogP contribution in [-0.2, 0) is 14.3 Å². The topological polar surface area (TPSA) is 110 Å². The Bertz CT molecular complexity index is 186. The highest BCUT2D eigenvalue weighted by atomic mass is 16.5. The average molecular weight is 247 g/mol. The second-order valence-corrected chi connectivity index (χ2v) is 3.74. The number of nitrogens with two attached hydrogens (primary N) is 1. The van der Waals surface area contributed by atoms with Crippen molar-refractivity contribution in [1.82, 2.24) is 0 Å². The summed E-state index contributed by atoms with van der Waals surface area (Å²) in [5.74, 6) is 0. The second-order valence-electron chi connectivity index (χ2n) is 3.74. The summed E-state index contributed by atoms with van der Waals surface area (Å²) in [7, 11) is 0.522. The molecule has 7 heteroatoms. The Morgan fingerprint density at radius 1 is 1.24 bits per heavy atom. The zero-order chi connectivity index (χ0) is 13.5. The maximum atomic E-state index is 8.60. The van der Waals surface area contributed by atoms with Crippen LogP contribution in [0.3, 0.4) is 0 Å². The Morgan fingerprint density at radius 3 is 2.24 bits per heavy atom. The molecule has 0 saturated heterocycles. The van der Waals surface area contributed by atoms with E-state index in [2.05, 4.69) is 0 Å². The SMILES string of the molecule is COCCCC(N)CCCCB(O)O.O=C=O. The van der Waals surface area contributed by atoms with Crippen LogP contribution in [0, 0.1) is 0 Å². The lowest BCUT2D eigenvalue weighted by molar-refractivity contribution is -0.191. The van der Waals surface area contributed by atoms with E-state index in [9.17, 15) is 0 Å². The van der Waals surface area contributed by atoms with Crippen LogP contribution in [0.15, 0.2) is 0 Å². The molecule has 0 radical (unpaired) electrons. The van der Waals surface area contributed by atoms with Crippen molar-refractivity contribution < 1.29 is 24.4 Å². The molecule has 0 bridgehead atoms. The minimum Gasteiger partial charge on any atom is -0.427 e. The quantitative estimate of drug-likeness (QED) is 0.384. The zero-order valence-corrected chi connectivity index (χ0v) is 10.3. The molecule has 0 fully saturated rings. The Kier molecular flexibility index (Phi) is 16.8. The Hall–Kier alpha value is -0.715. The van der Waals surface area contributed by atoms with Crippen molar-refractivity contribution in [3.8, 4) is 0 Å². The van der Waals surface area contributed by atoms with Gasteiger partial charge in [-0.2, -0.15) is 9.59 Å². The fourth-order valence-corrected chi connectivity index (χ4v) is 1.37. The number of rotatable bonds is 9. The fraction of sp³-hybridized carbons (Fsp3) is 0.900. The maximum Gasteiger partial charge on any atom is 0.451 e. The molecule has 0 rings (SSSR count). The first-order chi connectivity index (χ1) is 8.08. The summed E-state index contributed by atoms with van der Waals surface area (Å²) in [5.41, 5.74) is 5.85. The molecule has 0 aliphatic carbocycles. The number of methoxy groups -OCH3 is 1. The van der Waals surface area contributed by atoms with Gasteiger partial charge in [-0.15, -0.1) is 0 Å². The van der Waals surface area contributed by atoms with Crippen molar-refractivity contribution in [2.75, 3.05) is 13.7 Å². The van der Waals surface area contributed by atoms with Crippen LogP contribution in [0.25, 0.3) is 0 Å². The molecule has 1 unspecified atom stereocenters. The molecule has 17 heavy (non-hydrogen) atoms. The molecule has 0 aromatic rings. The van der Waals surface area contributed by atoms with E-state index in [0.29, 0.717) is 6.32 Å². The molecule has 0 aliphatic rings. The maximum absolute atomic E-state index is 8.60. The van der Waals surface area contributed by atoms with Gasteiger partial charge < -0.3 is 20.5 Å². The van der Waals surface area contributed by atoms with Gasteiger partial charge in [0.25, 0.3) is 0 Å². The minimum absolute atomic E-state index is 0.223. The van der Waals surface area contributed by atoms with E-state index in [1.165, 1.54) is 0 Å². The Balaban J connectivity index is 0. The van der Waals surface area contributed by atoms with E-state index in [1.54, 1.807) is 7.11 Å². The first-order valence-corrected chi connectivity index (χ1v) is 5.68. The van der Waals surface area contributed by atoms with Gasteiger partial charge in [0.05, 0.1) is 0 Å². The molecular formula is C10H22BNO5. The second kappa shape index (κ2) is 15.3. The molecule has 1 atom stereocenters. The Labute approximate surface area is 102 Å². The molecule has 0 amide bonds. The normalized spacial score (nSPS) is 11.1. The van der Waals surface area contributed by atoms with E-state index in [0.717, 1.165) is 38.7 Å². The zero-order valence-electron chi connectivity index (χ0n) is 10.3. The van der Waals surface area contributed by atoms with Crippen LogP contribution in [-0.4, -0.2) is 43.1 Å². The summed E-state index contributed by atoms with van der Waals surface area (Å²) in [6.07, 6.45) is 5.43. The fourth-order valence-electron chi connectivity index (χ4n) is 1.37. The summed E-state index contributed by atoms with van der Waals surface area (Å²) in [6.45, 7) is 0.767. The van der Waals surface area contributed by atoms with Crippen molar-refractivity contribution in [3.05, 3.63) is 0 Å². The third-order valence-corrected chi connectivity index (χ3v) is 2.21. The van der Waals surface area contributed by atoms with Gasteiger partial charge in [0.2, 0.25) is 0 Å². The highest BCUT2D eigenvalue weighted by Crippen LogP contribution is 2.07. The van der Waals surface area contributed by atoms with Crippen molar-refractivity contribution in [2.45, 2.75) is 44.5 Å². The molecule has 0 aromatic heterocycles. The van der Waals surface area contributed by atoms with Gasteiger partial charge in [-0.25, -0.2) is 0 Å². The summed E-state index contributed by atoms with van der Waals surface area (Å²) in [5, 5.41) is 17.2. The van der Waals surface area contributed by atoms with Gasteiger partial charge in [-0.3, -0.25) is 0 Å². The lowest BCUT2D eigenvalue weighted by Gasteiger charge is -2.10. The van der Waals surface area contributed by atoms with Crippen molar-refractivity contribution in [2.24, 2.45) is 5.73 Å². The van der Waals surface area contributed by atoms with E-state index in [-0.39, 0.29) is 12.2 Å². The predicted octanol–water partition coefficient (Wildman–Crippen LogP) is -0.200. The summed E-state index contributed by atoms with van der Waals surface area (Å²) < 4.78 is 4.93. The van der Waals surface area contributed by atoms with Crippen molar-refractivity contribution >= 4 is 13.3 Å². The number of hydrogen-bond donors (Lipinski definition) is 3. The van der Waals surface area contributed by atoms with Crippen LogP contribution in [0.1, 0.15) is 32.1 Å². The molecule has 0 saturated carbocycles. The highest BCUT2D eigenvalue weighted by Gasteiger charge is 2.06. The van der Waals surface area contributed by atoms with Crippen LogP contribution in [0.4, 0.5) is 0 Å². The van der Waals surface area contributed by atoms with Gasteiger partial charge in [0.15, 0.2) is 0 Å². The first-order valence-electron chi connectivity index (χ1n) is 5.68. The molecule has 100 valence electrons. The number of unbranched alkanes of at least 4 members (excludes halogenated alkanes) is 1. The molecule has 4 N–H and O–H groups in total. The number of hydrogen-bond acceptors (Lipinski definition) is 6. The molecule has 6 nitrogen and oxygen atoms in total. The monoisotopic (exact) mass is 247 g/mol. The molecule has 0 spiro atoms. The lowest BCUT2D eigenvalue weighted by atomic mass is 9.83. The van der Waals surface area contributed by atoms with Gasteiger partial charge in [0.1, 0.15) is 0 Å². The standard InChI is InChI=1S/C9H22BNO3.CO2/c1-14-8-4-6-9(11)5-2-3-7-10(12)13;2-1-3/h9,12-13H,2-8,11H2,1H3;. The first kappa shape index (κ1) is 18.6. The minimum atomic E-state index is -1.17. The molecule has 0 heterocycles. The summed E-state index contributed by atoms with van der Waals surface area (Å²) in [6, 6.07) is 0.223. The van der Waals surface area contributed by atoms with Crippen LogP contribution in [0.5, 0.6) is 0 Å². The van der Waals surface area contributed by atoms with Gasteiger partial charge >= 0.3 is 13.3 Å². The van der Waals surface area contributed by atoms with E-state index < -0.39 is 7.12 Å². The third kappa shape index (κ3) is 21.2. The van der Waals surface area contributed by atoms with Crippen LogP contribution >= 0.6 is 0 Å². The van der Waals surface area contributed by atoms with Crippen LogP contribution < -0.4 is 5.73 Å². The smallest absolute Gasteiger partial charge is 0.427 e. The average Bonchev–Trinajstić information content (AvgIpc) is 2.26. The molecule has 0 aromatic carbocycles. The van der Waals surface area contributed by atoms with Crippen LogP contribution in [0.2, 0.25) is 6.32 Å². The van der Waals surface area contributed by atoms with E-state index in [1.807, 2.05) is 0 Å². The summed E-state index contributed by atoms with van der Waals surface area (Å²) >= 11 is 0. The van der Waals surface area contributed by atoms with Crippen molar-refractivity contribution in [1.29, 1.82) is 0 Å². The number of ether oxygens (including phenoxy) is 1. The van der Waals surface area contributed by atoms with E-state index >= 15 is 0 Å². The molecular weight excluding hydrogens is 225 g/mol. The van der Waals surface area contributed by atoms with Gasteiger partial charge in [-0.05, 0) is 25.6 Å².